The zero-order valence-corrected chi connectivity index (χ0v) is 9.65. The normalized spacial score (nSPS) is 49.0. The highest BCUT2D eigenvalue weighted by molar-refractivity contribution is 6.22. The van der Waals surface area contributed by atoms with Crippen molar-refractivity contribution in [2.24, 2.45) is 23.7 Å². The van der Waals surface area contributed by atoms with Crippen LogP contribution in [0.1, 0.15) is 12.8 Å². The largest absolute Gasteiger partial charge is 0.469 e. The van der Waals surface area contributed by atoms with Crippen LogP contribution in [0, 0.1) is 23.7 Å². The van der Waals surface area contributed by atoms with Crippen molar-refractivity contribution in [2.45, 2.75) is 24.3 Å². The van der Waals surface area contributed by atoms with Crippen molar-refractivity contribution in [1.29, 1.82) is 0 Å². The van der Waals surface area contributed by atoms with E-state index in [9.17, 15) is 9.59 Å². The van der Waals surface area contributed by atoms with Crippen LogP contribution in [0.2, 0.25) is 0 Å². The summed E-state index contributed by atoms with van der Waals surface area (Å²) in [6.45, 7) is 0. The van der Waals surface area contributed by atoms with Gasteiger partial charge in [0.1, 0.15) is 6.10 Å². The summed E-state index contributed by atoms with van der Waals surface area (Å²) < 4.78 is 10.1. The highest BCUT2D eigenvalue weighted by Gasteiger charge is 2.64. The molecule has 3 saturated carbocycles. The fourth-order valence-electron chi connectivity index (χ4n) is 3.63. The lowest BCUT2D eigenvalue weighted by Gasteiger charge is -2.56. The number of carbonyl (C=O) groups excluding carboxylic acids is 2. The SMILES string of the molecule is COC(=O)[C@H]1[C@@H]2CC[C@H]3[C@@H](Cl)[C@H]2OC(=O)[C@H]31. The van der Waals surface area contributed by atoms with Crippen LogP contribution in [0.3, 0.4) is 0 Å². The van der Waals surface area contributed by atoms with Gasteiger partial charge in [-0.15, -0.1) is 11.6 Å². The number of carbonyl (C=O) groups is 2. The predicted octanol–water partition coefficient (Wildman–Crippen LogP) is 0.964. The van der Waals surface area contributed by atoms with Crippen molar-refractivity contribution in [2.75, 3.05) is 7.11 Å². The number of methoxy groups -OCH3 is 1. The van der Waals surface area contributed by atoms with Gasteiger partial charge in [0.05, 0.1) is 24.3 Å². The summed E-state index contributed by atoms with van der Waals surface area (Å²) in [5.74, 6) is -1.11. The minimum Gasteiger partial charge on any atom is -0.469 e. The molecule has 5 aliphatic rings. The van der Waals surface area contributed by atoms with E-state index in [4.69, 9.17) is 21.1 Å². The predicted molar refractivity (Wildman–Crippen MR) is 54.7 cm³/mol. The molecule has 0 aromatic carbocycles. The molecular formula is C11H13ClO4. The molecule has 0 radical (unpaired) electrons. The standard InChI is InChI=1S/C11H13ClO4/c1-15-10(13)7-5-3-2-4-6(7)11(14)16-9(5)8(4)12/h4-9H,2-3H2,1H3/t4-,5+,6-,7+,8-,9+/m1/s1. The van der Waals surface area contributed by atoms with Gasteiger partial charge in [0, 0.05) is 5.92 Å². The lowest BCUT2D eigenvalue weighted by atomic mass is 9.55. The molecule has 4 bridgehead atoms. The summed E-state index contributed by atoms with van der Waals surface area (Å²) in [7, 11) is 1.36. The van der Waals surface area contributed by atoms with Crippen molar-refractivity contribution >= 4 is 23.5 Å². The van der Waals surface area contributed by atoms with E-state index in [1.807, 2.05) is 0 Å². The first-order chi connectivity index (χ1) is 7.65. The van der Waals surface area contributed by atoms with Crippen molar-refractivity contribution in [1.82, 2.24) is 0 Å². The van der Waals surface area contributed by atoms with Crippen LogP contribution in [0.15, 0.2) is 0 Å². The minimum absolute atomic E-state index is 0.0580. The van der Waals surface area contributed by atoms with Gasteiger partial charge in [-0.1, -0.05) is 0 Å². The molecule has 2 aliphatic heterocycles. The Labute approximate surface area is 98.2 Å². The van der Waals surface area contributed by atoms with Gasteiger partial charge in [0.2, 0.25) is 0 Å². The Bertz CT molecular complexity index is 346. The van der Waals surface area contributed by atoms with Crippen LogP contribution < -0.4 is 0 Å². The Morgan fingerprint density at radius 1 is 1.44 bits per heavy atom. The Balaban J connectivity index is 1.99. The maximum atomic E-state index is 11.7. The molecule has 5 heteroatoms. The first-order valence-electron chi connectivity index (χ1n) is 5.57. The number of hydrogen-bond donors (Lipinski definition) is 0. The van der Waals surface area contributed by atoms with E-state index in [0.717, 1.165) is 12.8 Å². The van der Waals surface area contributed by atoms with Gasteiger partial charge in [-0.25, -0.2) is 0 Å². The third kappa shape index (κ3) is 1.11. The molecule has 2 saturated heterocycles. The van der Waals surface area contributed by atoms with Crippen LogP contribution in [-0.4, -0.2) is 30.5 Å². The summed E-state index contributed by atoms with van der Waals surface area (Å²) in [6, 6.07) is 0. The van der Waals surface area contributed by atoms with E-state index in [1.54, 1.807) is 0 Å². The first-order valence-corrected chi connectivity index (χ1v) is 6.01. The second-order valence-electron chi connectivity index (χ2n) is 4.83. The molecule has 0 spiro atoms. The Kier molecular flexibility index (Phi) is 2.18. The second kappa shape index (κ2) is 3.36. The van der Waals surface area contributed by atoms with Crippen molar-refractivity contribution in [3.05, 3.63) is 0 Å². The van der Waals surface area contributed by atoms with Gasteiger partial charge in [0.15, 0.2) is 0 Å². The first kappa shape index (κ1) is 10.4. The number of esters is 2. The number of alkyl halides is 1. The summed E-state index contributed by atoms with van der Waals surface area (Å²) in [5.41, 5.74) is 0. The molecule has 0 aromatic heterocycles. The Morgan fingerprint density at radius 3 is 2.75 bits per heavy atom. The zero-order valence-electron chi connectivity index (χ0n) is 8.89. The molecule has 0 amide bonds. The summed E-state index contributed by atoms with van der Waals surface area (Å²) in [5, 5.41) is -0.123. The monoisotopic (exact) mass is 244 g/mol. The van der Waals surface area contributed by atoms with Crippen LogP contribution in [-0.2, 0) is 19.1 Å². The maximum absolute atomic E-state index is 11.7. The number of rotatable bonds is 1. The lowest BCUT2D eigenvalue weighted by molar-refractivity contribution is -0.211. The fourth-order valence-corrected chi connectivity index (χ4v) is 4.15. The molecule has 5 rings (SSSR count). The van der Waals surface area contributed by atoms with Crippen molar-refractivity contribution in [3.8, 4) is 0 Å². The third-order valence-electron chi connectivity index (χ3n) is 4.29. The summed E-state index contributed by atoms with van der Waals surface area (Å²) in [4.78, 5) is 23.5. The highest BCUT2D eigenvalue weighted by Crippen LogP contribution is 2.56. The van der Waals surface area contributed by atoms with Gasteiger partial charge in [0.25, 0.3) is 0 Å². The smallest absolute Gasteiger partial charge is 0.310 e. The van der Waals surface area contributed by atoms with E-state index >= 15 is 0 Å². The van der Waals surface area contributed by atoms with Gasteiger partial charge in [-0.2, -0.15) is 0 Å². The summed E-state index contributed by atoms with van der Waals surface area (Å²) >= 11 is 6.26. The fraction of sp³-hybridized carbons (Fsp3) is 0.818. The van der Waals surface area contributed by atoms with Crippen molar-refractivity contribution in [3.63, 3.8) is 0 Å². The third-order valence-corrected chi connectivity index (χ3v) is 4.86. The molecule has 2 heterocycles. The number of ether oxygens (including phenoxy) is 2. The molecule has 0 aromatic rings. The van der Waals surface area contributed by atoms with E-state index < -0.39 is 0 Å². The average molecular weight is 245 g/mol. The van der Waals surface area contributed by atoms with Gasteiger partial charge in [-0.05, 0) is 18.8 Å². The molecule has 16 heavy (non-hydrogen) atoms. The number of fused-ring (bicyclic) bond motifs is 2. The van der Waals surface area contributed by atoms with Gasteiger partial charge in [-0.3, -0.25) is 9.59 Å². The molecular weight excluding hydrogens is 232 g/mol. The Hall–Kier alpha value is -0.770. The van der Waals surface area contributed by atoms with Gasteiger partial charge < -0.3 is 9.47 Å². The lowest BCUT2D eigenvalue weighted by Crippen LogP contribution is -2.65. The molecule has 88 valence electrons. The highest BCUT2D eigenvalue weighted by atomic mass is 35.5. The Morgan fingerprint density at radius 2 is 2.12 bits per heavy atom. The minimum atomic E-state index is -0.376. The molecule has 3 aliphatic carbocycles. The van der Waals surface area contributed by atoms with Crippen LogP contribution in [0.5, 0.6) is 0 Å². The molecule has 4 nitrogen and oxygen atoms in total. The van der Waals surface area contributed by atoms with E-state index in [2.05, 4.69) is 0 Å². The van der Waals surface area contributed by atoms with E-state index in [0.29, 0.717) is 0 Å². The quantitative estimate of drug-likeness (QED) is 0.509. The second-order valence-corrected chi connectivity index (χ2v) is 5.33. The summed E-state index contributed by atoms with van der Waals surface area (Å²) in [6.07, 6.45) is 1.53. The molecule has 5 fully saturated rings. The van der Waals surface area contributed by atoms with Gasteiger partial charge >= 0.3 is 11.9 Å². The maximum Gasteiger partial charge on any atom is 0.310 e. The van der Waals surface area contributed by atoms with E-state index in [1.165, 1.54) is 7.11 Å². The number of hydrogen-bond acceptors (Lipinski definition) is 4. The molecule has 6 atom stereocenters. The molecule has 0 N–H and O–H groups in total. The topological polar surface area (TPSA) is 52.6 Å². The van der Waals surface area contributed by atoms with Crippen LogP contribution >= 0.6 is 11.6 Å². The van der Waals surface area contributed by atoms with Crippen molar-refractivity contribution < 1.29 is 19.1 Å². The zero-order chi connectivity index (χ0) is 11.4. The van der Waals surface area contributed by atoms with E-state index in [-0.39, 0.29) is 47.1 Å². The average Bonchev–Trinajstić information content (AvgIpc) is 2.29. The number of halogens is 1. The van der Waals surface area contributed by atoms with Crippen LogP contribution in [0.25, 0.3) is 0 Å². The van der Waals surface area contributed by atoms with Crippen LogP contribution in [0.4, 0.5) is 0 Å². The molecule has 0 unspecified atom stereocenters.